The summed E-state index contributed by atoms with van der Waals surface area (Å²) in [5, 5.41) is 3.40. The zero-order chi connectivity index (χ0) is 10.1. The highest BCUT2D eigenvalue weighted by molar-refractivity contribution is 5.45. The molecule has 2 aromatic rings. The van der Waals surface area contributed by atoms with Crippen LogP contribution in [0.3, 0.4) is 0 Å². The highest BCUT2D eigenvalue weighted by Crippen LogP contribution is 2.24. The second-order valence-electron chi connectivity index (χ2n) is 3.79. The molecule has 0 saturated heterocycles. The molecule has 0 atom stereocenters. The van der Waals surface area contributed by atoms with Crippen LogP contribution < -0.4 is 5.32 Å². The lowest BCUT2D eigenvalue weighted by molar-refractivity contribution is 0.990. The number of hydrogen-bond donors (Lipinski definition) is 1. The summed E-state index contributed by atoms with van der Waals surface area (Å²) in [4.78, 5) is 8.35. The number of nitrogens with one attached hydrogen (secondary N) is 1. The van der Waals surface area contributed by atoms with E-state index in [1.165, 1.54) is 12.8 Å². The number of pyridine rings is 1. The molecule has 4 heteroatoms. The van der Waals surface area contributed by atoms with Crippen LogP contribution in [0.2, 0.25) is 0 Å². The highest BCUT2D eigenvalue weighted by Gasteiger charge is 2.20. The van der Waals surface area contributed by atoms with E-state index in [2.05, 4.69) is 21.4 Å². The van der Waals surface area contributed by atoms with Crippen molar-refractivity contribution in [1.29, 1.82) is 0 Å². The zero-order valence-electron chi connectivity index (χ0n) is 8.30. The third kappa shape index (κ3) is 1.83. The summed E-state index contributed by atoms with van der Waals surface area (Å²) in [7, 11) is 0. The summed E-state index contributed by atoms with van der Waals surface area (Å²) in [5.41, 5.74) is 1.10. The van der Waals surface area contributed by atoms with Crippen molar-refractivity contribution in [3.8, 4) is 5.82 Å². The minimum absolute atomic E-state index is 0.672. The number of hydrogen-bond acceptors (Lipinski definition) is 3. The van der Waals surface area contributed by atoms with E-state index in [-0.39, 0.29) is 0 Å². The fourth-order valence-electron chi connectivity index (χ4n) is 1.48. The second-order valence-corrected chi connectivity index (χ2v) is 3.79. The van der Waals surface area contributed by atoms with E-state index in [1.54, 1.807) is 12.5 Å². The molecule has 0 aromatic carbocycles. The van der Waals surface area contributed by atoms with Crippen LogP contribution in [0.25, 0.3) is 5.82 Å². The van der Waals surface area contributed by atoms with E-state index in [0.717, 1.165) is 11.5 Å². The van der Waals surface area contributed by atoms with Gasteiger partial charge in [-0.1, -0.05) is 0 Å². The number of rotatable bonds is 3. The Morgan fingerprint density at radius 3 is 2.87 bits per heavy atom. The van der Waals surface area contributed by atoms with Crippen molar-refractivity contribution in [2.75, 3.05) is 5.32 Å². The molecule has 1 aliphatic carbocycles. The van der Waals surface area contributed by atoms with Crippen molar-refractivity contribution >= 4 is 5.69 Å². The monoisotopic (exact) mass is 200 g/mol. The lowest BCUT2D eigenvalue weighted by atomic mass is 10.4. The average Bonchev–Trinajstić information content (AvgIpc) is 2.92. The van der Waals surface area contributed by atoms with Gasteiger partial charge < -0.3 is 5.32 Å². The molecular weight excluding hydrogens is 188 g/mol. The van der Waals surface area contributed by atoms with Crippen LogP contribution in [0, 0.1) is 0 Å². The van der Waals surface area contributed by atoms with Gasteiger partial charge >= 0.3 is 0 Å². The van der Waals surface area contributed by atoms with Crippen LogP contribution in [0.15, 0.2) is 37.1 Å². The van der Waals surface area contributed by atoms with Crippen LogP contribution in [-0.4, -0.2) is 20.6 Å². The summed E-state index contributed by atoms with van der Waals surface area (Å²) in [5.74, 6) is 0.897. The van der Waals surface area contributed by atoms with Gasteiger partial charge in [0.1, 0.15) is 12.1 Å². The summed E-state index contributed by atoms with van der Waals surface area (Å²) < 4.78 is 1.89. The Labute approximate surface area is 88.0 Å². The Balaban J connectivity index is 1.80. The molecule has 4 nitrogen and oxygen atoms in total. The molecule has 0 bridgehead atoms. The highest BCUT2D eigenvalue weighted by atomic mass is 15.1. The van der Waals surface area contributed by atoms with E-state index in [0.29, 0.717) is 6.04 Å². The first kappa shape index (κ1) is 8.47. The molecule has 1 fully saturated rings. The lowest BCUT2D eigenvalue weighted by Crippen LogP contribution is -2.02. The van der Waals surface area contributed by atoms with Gasteiger partial charge in [-0.15, -0.1) is 0 Å². The quantitative estimate of drug-likeness (QED) is 0.822. The third-order valence-corrected chi connectivity index (χ3v) is 2.46. The first-order valence-corrected chi connectivity index (χ1v) is 5.13. The van der Waals surface area contributed by atoms with E-state index in [1.807, 2.05) is 23.0 Å². The van der Waals surface area contributed by atoms with Gasteiger partial charge in [-0.3, -0.25) is 4.57 Å². The maximum absolute atomic E-state index is 4.36. The molecular formula is C11H12N4. The first-order valence-electron chi connectivity index (χ1n) is 5.13. The molecule has 0 aliphatic heterocycles. The van der Waals surface area contributed by atoms with Crippen molar-refractivity contribution in [1.82, 2.24) is 14.5 Å². The topological polar surface area (TPSA) is 42.7 Å². The van der Waals surface area contributed by atoms with Crippen molar-refractivity contribution in [3.05, 3.63) is 37.1 Å². The molecule has 1 saturated carbocycles. The van der Waals surface area contributed by atoms with Gasteiger partial charge in [0.2, 0.25) is 0 Å². The van der Waals surface area contributed by atoms with E-state index >= 15 is 0 Å². The number of imidazole rings is 1. The predicted molar refractivity (Wildman–Crippen MR) is 58.0 cm³/mol. The van der Waals surface area contributed by atoms with Gasteiger partial charge in [-0.05, 0) is 25.0 Å². The fraction of sp³-hybridized carbons (Fsp3) is 0.273. The van der Waals surface area contributed by atoms with Gasteiger partial charge in [0, 0.05) is 18.4 Å². The molecule has 76 valence electrons. The van der Waals surface area contributed by atoms with Crippen molar-refractivity contribution in [3.63, 3.8) is 0 Å². The molecule has 0 radical (unpaired) electrons. The number of nitrogens with zero attached hydrogens (tertiary/aromatic N) is 3. The molecule has 1 aliphatic rings. The number of anilines is 1. The van der Waals surface area contributed by atoms with Crippen molar-refractivity contribution in [2.24, 2.45) is 0 Å². The van der Waals surface area contributed by atoms with Gasteiger partial charge in [0.05, 0.1) is 11.9 Å². The SMILES string of the molecule is c1cn(-c2ccc(NC3CC3)cn2)cn1. The summed E-state index contributed by atoms with van der Waals surface area (Å²) >= 11 is 0. The smallest absolute Gasteiger partial charge is 0.137 e. The molecule has 0 unspecified atom stereocenters. The van der Waals surface area contributed by atoms with Crippen molar-refractivity contribution in [2.45, 2.75) is 18.9 Å². The minimum atomic E-state index is 0.672. The number of aromatic nitrogens is 3. The molecule has 0 spiro atoms. The minimum Gasteiger partial charge on any atom is -0.381 e. The van der Waals surface area contributed by atoms with Crippen LogP contribution in [0.1, 0.15) is 12.8 Å². The van der Waals surface area contributed by atoms with Gasteiger partial charge in [-0.2, -0.15) is 0 Å². The normalized spacial score (nSPS) is 15.2. The Kier molecular flexibility index (Phi) is 1.91. The molecule has 1 N–H and O–H groups in total. The molecule has 2 aromatic heterocycles. The Morgan fingerprint density at radius 2 is 2.27 bits per heavy atom. The molecule has 15 heavy (non-hydrogen) atoms. The molecule has 0 amide bonds. The fourth-order valence-corrected chi connectivity index (χ4v) is 1.48. The zero-order valence-corrected chi connectivity index (χ0v) is 8.30. The summed E-state index contributed by atoms with van der Waals surface area (Å²) in [6, 6.07) is 4.72. The van der Waals surface area contributed by atoms with Crippen molar-refractivity contribution < 1.29 is 0 Å². The van der Waals surface area contributed by atoms with Crippen LogP contribution in [-0.2, 0) is 0 Å². The van der Waals surface area contributed by atoms with Gasteiger partial charge in [-0.25, -0.2) is 9.97 Å². The second kappa shape index (κ2) is 3.38. The maximum Gasteiger partial charge on any atom is 0.137 e. The maximum atomic E-state index is 4.36. The van der Waals surface area contributed by atoms with Crippen LogP contribution in [0.4, 0.5) is 5.69 Å². The van der Waals surface area contributed by atoms with Crippen LogP contribution in [0.5, 0.6) is 0 Å². The Bertz CT molecular complexity index is 428. The van der Waals surface area contributed by atoms with E-state index in [9.17, 15) is 0 Å². The first-order chi connectivity index (χ1) is 7.42. The largest absolute Gasteiger partial charge is 0.381 e. The lowest BCUT2D eigenvalue weighted by Gasteiger charge is -2.05. The molecule has 3 rings (SSSR count). The van der Waals surface area contributed by atoms with Crippen LogP contribution >= 0.6 is 0 Å². The Morgan fingerprint density at radius 1 is 1.33 bits per heavy atom. The molecule has 2 heterocycles. The van der Waals surface area contributed by atoms with Gasteiger partial charge in [0.15, 0.2) is 0 Å². The van der Waals surface area contributed by atoms with E-state index in [4.69, 9.17) is 0 Å². The predicted octanol–water partition coefficient (Wildman–Crippen LogP) is 1.84. The average molecular weight is 200 g/mol. The summed E-state index contributed by atoms with van der Waals surface area (Å²) in [6.07, 6.45) is 9.81. The summed E-state index contributed by atoms with van der Waals surface area (Å²) in [6.45, 7) is 0. The standard InChI is InChI=1S/C11H12N4/c1-2-9(1)14-10-3-4-11(13-7-10)15-6-5-12-8-15/h3-9,14H,1-2H2. The van der Waals surface area contributed by atoms with E-state index < -0.39 is 0 Å². The Hall–Kier alpha value is -1.84. The van der Waals surface area contributed by atoms with Gasteiger partial charge in [0.25, 0.3) is 0 Å². The third-order valence-electron chi connectivity index (χ3n) is 2.46.